The van der Waals surface area contributed by atoms with Gasteiger partial charge in [-0.3, -0.25) is 9.59 Å². The van der Waals surface area contributed by atoms with E-state index in [1.807, 2.05) is 6.92 Å². The number of hydrogen-bond donors (Lipinski definition) is 2. The maximum atomic E-state index is 14.4. The number of carboxylic acid groups (broad SMARTS) is 1. The second-order valence-electron chi connectivity index (χ2n) is 8.07. The summed E-state index contributed by atoms with van der Waals surface area (Å²) < 4.78 is 34.3. The first-order chi connectivity index (χ1) is 12.7. The van der Waals surface area contributed by atoms with Gasteiger partial charge in [0, 0.05) is 31.6 Å². The van der Waals surface area contributed by atoms with Crippen molar-refractivity contribution in [1.29, 1.82) is 0 Å². The summed E-state index contributed by atoms with van der Waals surface area (Å²) in [4.78, 5) is 22.8. The van der Waals surface area contributed by atoms with Gasteiger partial charge >= 0.3 is 11.9 Å². The average Bonchev–Trinajstić information content (AvgIpc) is 2.90. The van der Waals surface area contributed by atoms with Gasteiger partial charge in [-0.05, 0) is 31.6 Å². The molecule has 1 aliphatic carbocycles. The van der Waals surface area contributed by atoms with Crippen LogP contribution in [0, 0.1) is 11.8 Å². The van der Waals surface area contributed by atoms with Gasteiger partial charge in [0.2, 0.25) is 5.79 Å². The first-order valence-corrected chi connectivity index (χ1v) is 10.2. The van der Waals surface area contributed by atoms with E-state index in [1.165, 1.54) is 0 Å². The van der Waals surface area contributed by atoms with Gasteiger partial charge in [-0.15, -0.1) is 0 Å². The molecule has 1 aliphatic heterocycles. The van der Waals surface area contributed by atoms with Crippen molar-refractivity contribution in [3.63, 3.8) is 0 Å². The summed E-state index contributed by atoms with van der Waals surface area (Å²) in [5, 5.41) is 19.1. The van der Waals surface area contributed by atoms with Crippen LogP contribution in [0.4, 0.5) is 8.78 Å². The lowest BCUT2D eigenvalue weighted by Gasteiger charge is -2.43. The lowest BCUT2D eigenvalue weighted by Crippen LogP contribution is -2.55. The molecule has 0 radical (unpaired) electrons. The SMILES string of the molecule is CCCCC(F)(F)[C@@]1(O)CCC2C(CC(=O)C2CCCCCCC(=O)O)O1. The molecule has 7 heteroatoms. The van der Waals surface area contributed by atoms with Crippen LogP contribution in [0.5, 0.6) is 0 Å². The largest absolute Gasteiger partial charge is 0.481 e. The van der Waals surface area contributed by atoms with Gasteiger partial charge < -0.3 is 14.9 Å². The van der Waals surface area contributed by atoms with E-state index >= 15 is 0 Å². The molecular weight excluding hydrogens is 358 g/mol. The van der Waals surface area contributed by atoms with Gasteiger partial charge in [0.05, 0.1) is 6.10 Å². The van der Waals surface area contributed by atoms with Gasteiger partial charge in [0.25, 0.3) is 0 Å². The number of ether oxygens (including phenoxy) is 1. The van der Waals surface area contributed by atoms with Gasteiger partial charge in [0.1, 0.15) is 5.78 Å². The van der Waals surface area contributed by atoms with Gasteiger partial charge in [-0.25, -0.2) is 8.78 Å². The van der Waals surface area contributed by atoms with E-state index in [9.17, 15) is 23.5 Å². The molecule has 1 saturated carbocycles. The minimum Gasteiger partial charge on any atom is -0.481 e. The molecule has 0 bridgehead atoms. The molecule has 1 saturated heterocycles. The maximum Gasteiger partial charge on any atom is 0.303 e. The predicted octanol–water partition coefficient (Wildman–Crippen LogP) is 4.31. The summed E-state index contributed by atoms with van der Waals surface area (Å²) in [6.07, 6.45) is 4.17. The highest BCUT2D eigenvalue weighted by atomic mass is 19.3. The van der Waals surface area contributed by atoms with Crippen LogP contribution in [0.25, 0.3) is 0 Å². The second-order valence-corrected chi connectivity index (χ2v) is 8.07. The standard InChI is InChI=1S/C20H32F2O5/c1-2-3-11-19(21,22)20(26)12-10-15-14(16(23)13-17(15)27-20)8-6-4-5-7-9-18(24)25/h14-15,17,26H,2-13H2,1H3,(H,24,25)/t14?,15?,17?,20-/m1/s1. The Morgan fingerprint density at radius 1 is 1.26 bits per heavy atom. The number of hydrogen-bond acceptors (Lipinski definition) is 4. The van der Waals surface area contributed by atoms with Crippen LogP contribution >= 0.6 is 0 Å². The van der Waals surface area contributed by atoms with Crippen LogP contribution in [0.2, 0.25) is 0 Å². The summed E-state index contributed by atoms with van der Waals surface area (Å²) >= 11 is 0. The number of aliphatic hydroxyl groups is 1. The zero-order valence-corrected chi connectivity index (χ0v) is 16.1. The van der Waals surface area contributed by atoms with Crippen molar-refractivity contribution in [1.82, 2.24) is 0 Å². The molecule has 1 heterocycles. The Balaban J connectivity index is 1.84. The van der Waals surface area contributed by atoms with Crippen molar-refractivity contribution in [2.45, 2.75) is 102 Å². The molecule has 0 aromatic rings. The lowest BCUT2D eigenvalue weighted by atomic mass is 9.81. The number of ketones is 1. The molecular formula is C20H32F2O5. The third-order valence-electron chi connectivity index (χ3n) is 6.04. The van der Waals surface area contributed by atoms with E-state index < -0.39 is 30.2 Å². The molecule has 2 rings (SSSR count). The fourth-order valence-electron chi connectivity index (χ4n) is 4.42. The van der Waals surface area contributed by atoms with Crippen LogP contribution in [0.15, 0.2) is 0 Å². The summed E-state index contributed by atoms with van der Waals surface area (Å²) in [6, 6.07) is 0. The van der Waals surface area contributed by atoms with Crippen LogP contribution in [-0.4, -0.2) is 39.8 Å². The van der Waals surface area contributed by atoms with Gasteiger partial charge in [-0.1, -0.05) is 32.6 Å². The number of halogens is 2. The van der Waals surface area contributed by atoms with Crippen molar-refractivity contribution in [2.24, 2.45) is 11.8 Å². The van der Waals surface area contributed by atoms with E-state index in [4.69, 9.17) is 9.84 Å². The number of alkyl halides is 2. The van der Waals surface area contributed by atoms with Crippen molar-refractivity contribution < 1.29 is 33.3 Å². The topological polar surface area (TPSA) is 83.8 Å². The lowest BCUT2D eigenvalue weighted by molar-refractivity contribution is -0.356. The van der Waals surface area contributed by atoms with E-state index in [0.717, 1.165) is 19.3 Å². The Kier molecular flexibility index (Phi) is 7.74. The number of rotatable bonds is 11. The van der Waals surface area contributed by atoms with Gasteiger partial charge in [-0.2, -0.15) is 0 Å². The summed E-state index contributed by atoms with van der Waals surface area (Å²) in [5.41, 5.74) is 0. The molecule has 4 atom stereocenters. The predicted molar refractivity (Wildman–Crippen MR) is 95.5 cm³/mol. The molecule has 2 N–H and O–H groups in total. The van der Waals surface area contributed by atoms with Crippen molar-refractivity contribution in [3.05, 3.63) is 0 Å². The quantitative estimate of drug-likeness (QED) is 0.514. The Labute approximate surface area is 159 Å². The Hall–Kier alpha value is -1.08. The number of carbonyl (C=O) groups excluding carboxylic acids is 1. The van der Waals surface area contributed by atoms with E-state index in [-0.39, 0.29) is 36.9 Å². The number of carbonyl (C=O) groups is 2. The Bertz CT molecular complexity index is 525. The van der Waals surface area contributed by atoms with Crippen LogP contribution in [-0.2, 0) is 14.3 Å². The highest BCUT2D eigenvalue weighted by Crippen LogP contribution is 2.49. The van der Waals surface area contributed by atoms with Crippen molar-refractivity contribution in [2.75, 3.05) is 0 Å². The van der Waals surface area contributed by atoms with Crippen LogP contribution in [0.1, 0.15) is 84.0 Å². The summed E-state index contributed by atoms with van der Waals surface area (Å²) in [7, 11) is 0. The molecule has 0 aromatic heterocycles. The Morgan fingerprint density at radius 3 is 2.63 bits per heavy atom. The Morgan fingerprint density at radius 2 is 1.96 bits per heavy atom. The molecule has 3 unspecified atom stereocenters. The minimum atomic E-state index is -3.31. The first-order valence-electron chi connectivity index (χ1n) is 10.2. The zero-order chi connectivity index (χ0) is 20.1. The maximum absolute atomic E-state index is 14.4. The van der Waals surface area contributed by atoms with E-state index in [2.05, 4.69) is 0 Å². The molecule has 2 aliphatic rings. The molecule has 0 spiro atoms. The average molecular weight is 390 g/mol. The third-order valence-corrected chi connectivity index (χ3v) is 6.04. The molecule has 2 fully saturated rings. The molecule has 0 amide bonds. The first kappa shape index (κ1) is 22.2. The summed E-state index contributed by atoms with van der Waals surface area (Å²) in [5.74, 6) is -6.82. The minimum absolute atomic E-state index is 0.0386. The molecule has 5 nitrogen and oxygen atoms in total. The number of aliphatic carboxylic acids is 1. The normalized spacial score (nSPS) is 31.1. The zero-order valence-electron chi connectivity index (χ0n) is 16.1. The monoisotopic (exact) mass is 390 g/mol. The fraction of sp³-hybridized carbons (Fsp3) is 0.900. The number of fused-ring (bicyclic) bond motifs is 1. The molecule has 0 aromatic carbocycles. The fourth-order valence-corrected chi connectivity index (χ4v) is 4.42. The van der Waals surface area contributed by atoms with E-state index in [1.54, 1.807) is 0 Å². The van der Waals surface area contributed by atoms with Crippen molar-refractivity contribution >= 4 is 11.8 Å². The molecule has 27 heavy (non-hydrogen) atoms. The van der Waals surface area contributed by atoms with Crippen LogP contribution in [0.3, 0.4) is 0 Å². The van der Waals surface area contributed by atoms with E-state index in [0.29, 0.717) is 32.1 Å². The third kappa shape index (κ3) is 5.47. The highest BCUT2D eigenvalue weighted by Gasteiger charge is 2.59. The second kappa shape index (κ2) is 9.41. The number of Topliss-reactive ketones (excluding diaryl/α,β-unsaturated/α-hetero) is 1. The number of carboxylic acids is 1. The smallest absolute Gasteiger partial charge is 0.303 e. The number of unbranched alkanes of at least 4 members (excludes halogenated alkanes) is 4. The van der Waals surface area contributed by atoms with Crippen LogP contribution < -0.4 is 0 Å². The molecule has 156 valence electrons. The summed E-state index contributed by atoms with van der Waals surface area (Å²) in [6.45, 7) is 1.82. The van der Waals surface area contributed by atoms with Gasteiger partial charge in [0.15, 0.2) is 0 Å². The highest BCUT2D eigenvalue weighted by molar-refractivity contribution is 5.84. The van der Waals surface area contributed by atoms with Crippen molar-refractivity contribution in [3.8, 4) is 0 Å².